The first kappa shape index (κ1) is 19.4. The van der Waals surface area contributed by atoms with Crippen molar-refractivity contribution in [2.45, 2.75) is 56.8 Å². The predicted molar refractivity (Wildman–Crippen MR) is 102 cm³/mol. The Kier molecular flexibility index (Phi) is 6.03. The standard InChI is InChI=1S/C20H30N2O3S/c1-3-16(2)17-8-10-19(11-9-17)26(24,25)22-14-12-21(13-15-22)20(23)18-6-4-5-7-18/h8-11,16,18H,3-7,12-15H2,1-2H3/t16-/m0/s1. The highest BCUT2D eigenvalue weighted by Gasteiger charge is 2.33. The predicted octanol–water partition coefficient (Wildman–Crippen LogP) is 3.22. The van der Waals surface area contributed by atoms with E-state index in [2.05, 4.69) is 13.8 Å². The van der Waals surface area contributed by atoms with E-state index in [9.17, 15) is 13.2 Å². The van der Waals surface area contributed by atoms with Crippen LogP contribution in [0.3, 0.4) is 0 Å². The first-order chi connectivity index (χ1) is 12.4. The van der Waals surface area contributed by atoms with Gasteiger partial charge in [-0.05, 0) is 42.9 Å². The van der Waals surface area contributed by atoms with Crippen molar-refractivity contribution in [3.63, 3.8) is 0 Å². The minimum atomic E-state index is -3.48. The zero-order valence-corrected chi connectivity index (χ0v) is 16.7. The lowest BCUT2D eigenvalue weighted by molar-refractivity contribution is -0.136. The lowest BCUT2D eigenvalue weighted by atomic mass is 9.99. The second-order valence-corrected chi connectivity index (χ2v) is 9.53. The van der Waals surface area contributed by atoms with Crippen LogP contribution < -0.4 is 0 Å². The molecule has 0 unspecified atom stereocenters. The molecule has 0 aromatic heterocycles. The van der Waals surface area contributed by atoms with E-state index in [1.807, 2.05) is 17.0 Å². The molecule has 1 saturated carbocycles. The second-order valence-electron chi connectivity index (χ2n) is 7.59. The minimum absolute atomic E-state index is 0.159. The maximum Gasteiger partial charge on any atom is 0.243 e. The first-order valence-corrected chi connectivity index (χ1v) is 11.3. The molecule has 1 amide bonds. The zero-order valence-electron chi connectivity index (χ0n) is 15.9. The molecule has 0 radical (unpaired) electrons. The van der Waals surface area contributed by atoms with Crippen LogP contribution in [-0.4, -0.2) is 49.7 Å². The molecule has 1 saturated heterocycles. The summed E-state index contributed by atoms with van der Waals surface area (Å²) in [6.45, 7) is 6.03. The van der Waals surface area contributed by atoms with Gasteiger partial charge < -0.3 is 4.90 Å². The van der Waals surface area contributed by atoms with Crippen LogP contribution in [0.25, 0.3) is 0 Å². The molecule has 1 heterocycles. The third-order valence-corrected chi connectivity index (χ3v) is 7.87. The number of rotatable bonds is 5. The van der Waals surface area contributed by atoms with Crippen molar-refractivity contribution in [3.05, 3.63) is 29.8 Å². The number of amides is 1. The first-order valence-electron chi connectivity index (χ1n) is 9.82. The summed E-state index contributed by atoms with van der Waals surface area (Å²) in [5, 5.41) is 0. The van der Waals surface area contributed by atoms with Crippen LogP contribution in [0, 0.1) is 5.92 Å². The van der Waals surface area contributed by atoms with Gasteiger partial charge in [0.15, 0.2) is 0 Å². The number of hydrogen-bond acceptors (Lipinski definition) is 3. The number of nitrogens with zero attached hydrogens (tertiary/aromatic N) is 2. The van der Waals surface area contributed by atoms with Crippen LogP contribution in [0.1, 0.15) is 57.4 Å². The van der Waals surface area contributed by atoms with Gasteiger partial charge in [0.2, 0.25) is 15.9 Å². The lowest BCUT2D eigenvalue weighted by Crippen LogP contribution is -2.51. The molecule has 0 spiro atoms. The zero-order chi connectivity index (χ0) is 18.7. The van der Waals surface area contributed by atoms with Gasteiger partial charge in [0, 0.05) is 32.1 Å². The number of hydrogen-bond donors (Lipinski definition) is 0. The van der Waals surface area contributed by atoms with Gasteiger partial charge in [0.05, 0.1) is 4.90 Å². The number of piperazine rings is 1. The van der Waals surface area contributed by atoms with Crippen molar-refractivity contribution >= 4 is 15.9 Å². The summed E-state index contributed by atoms with van der Waals surface area (Å²) in [7, 11) is -3.48. The van der Waals surface area contributed by atoms with E-state index in [-0.39, 0.29) is 11.8 Å². The Morgan fingerprint density at radius 3 is 2.19 bits per heavy atom. The van der Waals surface area contributed by atoms with Crippen LogP contribution in [0.4, 0.5) is 0 Å². The molecular weight excluding hydrogens is 348 g/mol. The molecule has 6 heteroatoms. The van der Waals surface area contributed by atoms with Gasteiger partial charge >= 0.3 is 0 Å². The van der Waals surface area contributed by atoms with Gasteiger partial charge in [0.25, 0.3) is 0 Å². The normalized spacial score (nSPS) is 21.1. The van der Waals surface area contributed by atoms with E-state index >= 15 is 0 Å². The highest BCUT2D eigenvalue weighted by atomic mass is 32.2. The summed E-state index contributed by atoms with van der Waals surface area (Å²) in [4.78, 5) is 14.7. The highest BCUT2D eigenvalue weighted by molar-refractivity contribution is 7.89. The minimum Gasteiger partial charge on any atom is -0.340 e. The average Bonchev–Trinajstić information content (AvgIpc) is 3.21. The fourth-order valence-corrected chi connectivity index (χ4v) is 5.36. The Labute approximate surface area is 157 Å². The Balaban J connectivity index is 1.63. The second kappa shape index (κ2) is 8.09. The molecule has 0 bridgehead atoms. The maximum atomic E-state index is 12.9. The van der Waals surface area contributed by atoms with Crippen LogP contribution in [0.2, 0.25) is 0 Å². The van der Waals surface area contributed by atoms with Crippen molar-refractivity contribution in [1.29, 1.82) is 0 Å². The van der Waals surface area contributed by atoms with Crippen LogP contribution in [0.15, 0.2) is 29.2 Å². The lowest BCUT2D eigenvalue weighted by Gasteiger charge is -2.35. The van der Waals surface area contributed by atoms with Gasteiger partial charge in [-0.25, -0.2) is 8.42 Å². The fraction of sp³-hybridized carbons (Fsp3) is 0.650. The smallest absolute Gasteiger partial charge is 0.243 e. The van der Waals surface area contributed by atoms with Crippen LogP contribution in [0.5, 0.6) is 0 Å². The number of benzene rings is 1. The Morgan fingerprint density at radius 2 is 1.65 bits per heavy atom. The van der Waals surface area contributed by atoms with Crippen molar-refractivity contribution in [3.8, 4) is 0 Å². The van der Waals surface area contributed by atoms with E-state index < -0.39 is 10.0 Å². The molecule has 1 atom stereocenters. The molecule has 1 aliphatic heterocycles. The third kappa shape index (κ3) is 3.96. The average molecular weight is 379 g/mol. The van der Waals surface area contributed by atoms with Gasteiger partial charge in [-0.15, -0.1) is 0 Å². The summed E-state index contributed by atoms with van der Waals surface area (Å²) in [6, 6.07) is 7.27. The van der Waals surface area contributed by atoms with Gasteiger partial charge in [-0.1, -0.05) is 38.8 Å². The third-order valence-electron chi connectivity index (χ3n) is 5.95. The molecule has 1 aliphatic carbocycles. The Bertz CT molecular complexity index is 716. The fourth-order valence-electron chi connectivity index (χ4n) is 3.93. The monoisotopic (exact) mass is 378 g/mol. The summed E-state index contributed by atoms with van der Waals surface area (Å²) in [5.74, 6) is 0.806. The molecule has 3 rings (SSSR count). The highest BCUT2D eigenvalue weighted by Crippen LogP contribution is 2.28. The molecule has 0 N–H and O–H groups in total. The van der Waals surface area contributed by atoms with E-state index in [0.29, 0.717) is 37.0 Å². The van der Waals surface area contributed by atoms with E-state index in [4.69, 9.17) is 0 Å². The van der Waals surface area contributed by atoms with E-state index in [1.165, 1.54) is 9.87 Å². The van der Waals surface area contributed by atoms with Gasteiger partial charge in [-0.3, -0.25) is 4.79 Å². The van der Waals surface area contributed by atoms with Gasteiger partial charge in [0.1, 0.15) is 0 Å². The van der Waals surface area contributed by atoms with Crippen molar-refractivity contribution in [2.24, 2.45) is 5.92 Å². The summed E-state index contributed by atoms with van der Waals surface area (Å²) in [5.41, 5.74) is 1.17. The largest absolute Gasteiger partial charge is 0.340 e. The van der Waals surface area contributed by atoms with E-state index in [1.54, 1.807) is 12.1 Å². The van der Waals surface area contributed by atoms with Crippen molar-refractivity contribution in [2.75, 3.05) is 26.2 Å². The Morgan fingerprint density at radius 1 is 1.08 bits per heavy atom. The molecule has 5 nitrogen and oxygen atoms in total. The summed E-state index contributed by atoms with van der Waals surface area (Å²) in [6.07, 6.45) is 5.28. The number of carbonyl (C=O) groups is 1. The van der Waals surface area contributed by atoms with Crippen LogP contribution >= 0.6 is 0 Å². The molecule has 2 fully saturated rings. The molecule has 144 valence electrons. The summed E-state index contributed by atoms with van der Waals surface area (Å²) >= 11 is 0. The molecule has 1 aromatic rings. The van der Waals surface area contributed by atoms with Crippen molar-refractivity contribution in [1.82, 2.24) is 9.21 Å². The molecule has 26 heavy (non-hydrogen) atoms. The van der Waals surface area contributed by atoms with E-state index in [0.717, 1.165) is 32.1 Å². The van der Waals surface area contributed by atoms with Crippen LogP contribution in [-0.2, 0) is 14.8 Å². The number of sulfonamides is 1. The molecule has 2 aliphatic rings. The summed E-state index contributed by atoms with van der Waals surface area (Å²) < 4.78 is 27.3. The topological polar surface area (TPSA) is 57.7 Å². The maximum absolute atomic E-state index is 12.9. The number of carbonyl (C=O) groups excluding carboxylic acids is 1. The molecule has 1 aromatic carbocycles. The SMILES string of the molecule is CC[C@H](C)c1ccc(S(=O)(=O)N2CCN(C(=O)C3CCCC3)CC2)cc1. The van der Waals surface area contributed by atoms with Gasteiger partial charge in [-0.2, -0.15) is 4.31 Å². The Hall–Kier alpha value is -1.40. The molecular formula is C20H30N2O3S. The quantitative estimate of drug-likeness (QED) is 0.790. The van der Waals surface area contributed by atoms with Crippen molar-refractivity contribution < 1.29 is 13.2 Å².